The first-order valence-corrected chi connectivity index (χ1v) is 2.86. The molecule has 0 aliphatic rings. The summed E-state index contributed by atoms with van der Waals surface area (Å²) in [4.78, 5) is 3.33. The predicted octanol–water partition coefficient (Wildman–Crippen LogP) is 2.71. The molecule has 0 aromatic carbocycles. The smallest absolute Gasteiger partial charge is 0.264 e. The second kappa shape index (κ2) is 3.95. The van der Waals surface area contributed by atoms with E-state index >= 15 is 0 Å². The maximum Gasteiger partial charge on any atom is 0.413 e. The zero-order valence-corrected chi connectivity index (χ0v) is 6.02. The number of aliphatic imine (C=N–C) groups is 1. The van der Waals surface area contributed by atoms with Crippen LogP contribution in [0.25, 0.3) is 0 Å². The summed E-state index contributed by atoms with van der Waals surface area (Å²) in [6.07, 6.45) is -1.03. The zero-order chi connectivity index (χ0) is 8.91. The van der Waals surface area contributed by atoms with Crippen molar-refractivity contribution in [3.63, 3.8) is 0 Å². The van der Waals surface area contributed by atoms with Gasteiger partial charge in [-0.25, -0.2) is 0 Å². The lowest BCUT2D eigenvalue weighted by Crippen LogP contribution is -2.08. The molecule has 0 saturated carbocycles. The summed E-state index contributed by atoms with van der Waals surface area (Å²) in [5, 5.41) is 0. The van der Waals surface area contributed by atoms with Gasteiger partial charge in [-0.2, -0.15) is 13.2 Å². The van der Waals surface area contributed by atoms with Crippen LogP contribution >= 0.6 is 0 Å². The Kier molecular flexibility index (Phi) is 3.57. The van der Waals surface area contributed by atoms with Gasteiger partial charge in [0.05, 0.1) is 0 Å². The Balaban J connectivity index is 4.23. The summed E-state index contributed by atoms with van der Waals surface area (Å²) in [5.41, 5.74) is -0.726. The Morgan fingerprint density at radius 2 is 2.00 bits per heavy atom. The molecular weight excluding hydrogens is 155 g/mol. The molecule has 0 aliphatic carbocycles. The lowest BCUT2D eigenvalue weighted by atomic mass is 10.3. The first kappa shape index (κ1) is 9.94. The molecule has 0 amide bonds. The van der Waals surface area contributed by atoms with Crippen LogP contribution in [0.4, 0.5) is 13.2 Å². The highest BCUT2D eigenvalue weighted by Crippen LogP contribution is 2.24. The van der Waals surface area contributed by atoms with Gasteiger partial charge in [-0.05, 0) is 6.92 Å². The molecule has 4 heteroatoms. The molecule has 0 aliphatic heterocycles. The summed E-state index contributed by atoms with van der Waals surface area (Å²) in [6, 6.07) is 0. The van der Waals surface area contributed by atoms with Crippen LogP contribution in [0.2, 0.25) is 0 Å². The highest BCUT2D eigenvalue weighted by Gasteiger charge is 2.29. The van der Waals surface area contributed by atoms with E-state index in [1.807, 2.05) is 0 Å². The zero-order valence-electron chi connectivity index (χ0n) is 6.02. The lowest BCUT2D eigenvalue weighted by molar-refractivity contribution is -0.0914. The Labute approximate surface area is 62.9 Å². The van der Waals surface area contributed by atoms with Crippen LogP contribution in [0.15, 0.2) is 29.4 Å². The SMILES string of the molecule is C=CC=N/C=C(\C)C(F)(F)F. The Hall–Kier alpha value is -1.06. The van der Waals surface area contributed by atoms with Crippen molar-refractivity contribution >= 4 is 6.21 Å². The second-order valence-corrected chi connectivity index (χ2v) is 1.84. The first-order chi connectivity index (χ1) is 4.98. The van der Waals surface area contributed by atoms with Crippen LogP contribution < -0.4 is 0 Å². The minimum atomic E-state index is -4.28. The number of allylic oxidation sites excluding steroid dienone is 2. The fourth-order valence-corrected chi connectivity index (χ4v) is 0.289. The third-order valence-corrected chi connectivity index (χ3v) is 0.907. The molecule has 0 saturated heterocycles. The molecule has 0 radical (unpaired) electrons. The molecular formula is C7H8F3N. The van der Waals surface area contributed by atoms with E-state index in [0.717, 1.165) is 13.1 Å². The molecule has 0 aromatic heterocycles. The quantitative estimate of drug-likeness (QED) is 0.555. The van der Waals surface area contributed by atoms with Crippen molar-refractivity contribution < 1.29 is 13.2 Å². The van der Waals surface area contributed by atoms with Crippen LogP contribution in [-0.2, 0) is 0 Å². The van der Waals surface area contributed by atoms with Crippen molar-refractivity contribution in [3.05, 3.63) is 24.4 Å². The average molecular weight is 163 g/mol. The largest absolute Gasteiger partial charge is 0.413 e. The van der Waals surface area contributed by atoms with Gasteiger partial charge in [0.2, 0.25) is 0 Å². The summed E-state index contributed by atoms with van der Waals surface area (Å²) in [6.45, 7) is 4.22. The number of hydrogen-bond acceptors (Lipinski definition) is 1. The lowest BCUT2D eigenvalue weighted by Gasteiger charge is -2.03. The maximum absolute atomic E-state index is 11.7. The monoisotopic (exact) mass is 163 g/mol. The van der Waals surface area contributed by atoms with Crippen molar-refractivity contribution in [2.45, 2.75) is 13.1 Å². The minimum Gasteiger partial charge on any atom is -0.264 e. The number of hydrogen-bond donors (Lipinski definition) is 0. The summed E-state index contributed by atoms with van der Waals surface area (Å²) < 4.78 is 35.1. The summed E-state index contributed by atoms with van der Waals surface area (Å²) >= 11 is 0. The normalized spacial score (nSPS) is 14.0. The van der Waals surface area contributed by atoms with E-state index in [0.29, 0.717) is 0 Å². The molecule has 0 atom stereocenters. The Morgan fingerprint density at radius 3 is 2.36 bits per heavy atom. The molecule has 11 heavy (non-hydrogen) atoms. The van der Waals surface area contributed by atoms with Gasteiger partial charge < -0.3 is 0 Å². The molecule has 0 unspecified atom stereocenters. The highest BCUT2D eigenvalue weighted by atomic mass is 19.4. The molecule has 0 aromatic rings. The van der Waals surface area contributed by atoms with E-state index in [1.165, 1.54) is 12.3 Å². The van der Waals surface area contributed by atoms with Crippen LogP contribution in [-0.4, -0.2) is 12.4 Å². The van der Waals surface area contributed by atoms with Crippen LogP contribution in [0, 0.1) is 0 Å². The summed E-state index contributed by atoms with van der Waals surface area (Å²) in [7, 11) is 0. The van der Waals surface area contributed by atoms with Crippen molar-refractivity contribution in [1.29, 1.82) is 0 Å². The van der Waals surface area contributed by atoms with Crippen molar-refractivity contribution in [2.24, 2.45) is 4.99 Å². The van der Waals surface area contributed by atoms with Gasteiger partial charge in [0.15, 0.2) is 0 Å². The molecule has 0 N–H and O–H groups in total. The molecule has 0 fully saturated rings. The number of nitrogens with zero attached hydrogens (tertiary/aromatic N) is 1. The van der Waals surface area contributed by atoms with Crippen molar-refractivity contribution in [2.75, 3.05) is 0 Å². The molecule has 0 bridgehead atoms. The highest BCUT2D eigenvalue weighted by molar-refractivity contribution is 5.70. The molecule has 62 valence electrons. The third kappa shape index (κ3) is 4.36. The number of halogens is 3. The van der Waals surface area contributed by atoms with E-state index in [-0.39, 0.29) is 0 Å². The van der Waals surface area contributed by atoms with E-state index in [1.54, 1.807) is 0 Å². The predicted molar refractivity (Wildman–Crippen MR) is 38.5 cm³/mol. The minimum absolute atomic E-state index is 0.726. The topological polar surface area (TPSA) is 12.4 Å². The second-order valence-electron chi connectivity index (χ2n) is 1.84. The third-order valence-electron chi connectivity index (χ3n) is 0.907. The maximum atomic E-state index is 11.7. The van der Waals surface area contributed by atoms with Crippen molar-refractivity contribution in [1.82, 2.24) is 0 Å². The van der Waals surface area contributed by atoms with E-state index in [2.05, 4.69) is 11.6 Å². The Bertz CT molecular complexity index is 188. The average Bonchev–Trinajstić information content (AvgIpc) is 1.86. The number of alkyl halides is 3. The van der Waals surface area contributed by atoms with Gasteiger partial charge in [0.1, 0.15) is 0 Å². The van der Waals surface area contributed by atoms with Crippen molar-refractivity contribution in [3.8, 4) is 0 Å². The summed E-state index contributed by atoms with van der Waals surface area (Å²) in [5.74, 6) is 0. The molecule has 0 heterocycles. The van der Waals surface area contributed by atoms with E-state index in [4.69, 9.17) is 0 Å². The first-order valence-electron chi connectivity index (χ1n) is 2.86. The van der Waals surface area contributed by atoms with E-state index < -0.39 is 11.7 Å². The van der Waals surface area contributed by atoms with Crippen LogP contribution in [0.3, 0.4) is 0 Å². The fourth-order valence-electron chi connectivity index (χ4n) is 0.289. The molecule has 0 rings (SSSR count). The van der Waals surface area contributed by atoms with Gasteiger partial charge in [0, 0.05) is 18.0 Å². The number of rotatable bonds is 2. The van der Waals surface area contributed by atoms with Gasteiger partial charge >= 0.3 is 6.18 Å². The van der Waals surface area contributed by atoms with Crippen LogP contribution in [0.1, 0.15) is 6.92 Å². The van der Waals surface area contributed by atoms with Gasteiger partial charge in [0.25, 0.3) is 0 Å². The molecule has 0 spiro atoms. The Morgan fingerprint density at radius 1 is 1.45 bits per heavy atom. The standard InChI is InChI=1S/C7H8F3N/c1-3-4-11-5-6(2)7(8,9)10/h3-5H,1H2,2H3/b6-5+,11-4?. The van der Waals surface area contributed by atoms with E-state index in [9.17, 15) is 13.2 Å². The van der Waals surface area contributed by atoms with Crippen LogP contribution in [0.5, 0.6) is 0 Å². The van der Waals surface area contributed by atoms with Gasteiger partial charge in [-0.1, -0.05) is 12.7 Å². The molecule has 1 nitrogen and oxygen atoms in total. The van der Waals surface area contributed by atoms with Gasteiger partial charge in [-0.15, -0.1) is 0 Å². The van der Waals surface area contributed by atoms with Gasteiger partial charge in [-0.3, -0.25) is 4.99 Å². The fraction of sp³-hybridized carbons (Fsp3) is 0.286.